The zero-order valence-corrected chi connectivity index (χ0v) is 12.5. The van der Waals surface area contributed by atoms with Gasteiger partial charge in [0.05, 0.1) is 0 Å². The maximum atomic E-state index is 5.27. The van der Waals surface area contributed by atoms with Crippen molar-refractivity contribution in [3.63, 3.8) is 0 Å². The van der Waals surface area contributed by atoms with Crippen LogP contribution in [0.1, 0.15) is 24.5 Å². The maximum Gasteiger partial charge on any atom is 0.225 e. The summed E-state index contributed by atoms with van der Waals surface area (Å²) in [6.45, 7) is 5.99. The van der Waals surface area contributed by atoms with Crippen molar-refractivity contribution in [2.45, 2.75) is 33.4 Å². The Morgan fingerprint density at radius 2 is 2.11 bits per heavy atom. The van der Waals surface area contributed by atoms with E-state index in [0.29, 0.717) is 4.77 Å². The molecule has 2 rings (SSSR count). The highest BCUT2D eigenvalue weighted by molar-refractivity contribution is 7.71. The second kappa shape index (κ2) is 6.02. The van der Waals surface area contributed by atoms with E-state index in [1.54, 1.807) is 0 Å². The number of anilines is 1. The number of benzene rings is 1. The predicted molar refractivity (Wildman–Crippen MR) is 81.0 cm³/mol. The Morgan fingerprint density at radius 1 is 1.37 bits per heavy atom. The lowest BCUT2D eigenvalue weighted by Crippen LogP contribution is -2.21. The van der Waals surface area contributed by atoms with E-state index in [0.717, 1.165) is 25.5 Å². The van der Waals surface area contributed by atoms with Crippen LogP contribution >= 0.6 is 12.2 Å². The SMILES string of the molecule is CCCn1c(N(C)Cc2ccccc2C)n[nH]c1=S. The zero-order chi connectivity index (χ0) is 13.8. The summed E-state index contributed by atoms with van der Waals surface area (Å²) in [5, 5.41) is 7.21. The van der Waals surface area contributed by atoms with Crippen LogP contribution in [0.5, 0.6) is 0 Å². The van der Waals surface area contributed by atoms with Crippen LogP contribution < -0.4 is 4.90 Å². The smallest absolute Gasteiger partial charge is 0.225 e. The summed E-state index contributed by atoms with van der Waals surface area (Å²) >= 11 is 5.27. The highest BCUT2D eigenvalue weighted by Crippen LogP contribution is 2.16. The van der Waals surface area contributed by atoms with Crippen LogP contribution in [0.4, 0.5) is 5.95 Å². The van der Waals surface area contributed by atoms with Gasteiger partial charge in [-0.2, -0.15) is 0 Å². The molecule has 0 saturated carbocycles. The molecular weight excluding hydrogens is 256 g/mol. The molecule has 0 aliphatic carbocycles. The van der Waals surface area contributed by atoms with Crippen molar-refractivity contribution in [2.75, 3.05) is 11.9 Å². The molecule has 0 aliphatic rings. The molecule has 0 fully saturated rings. The molecule has 0 spiro atoms. The first-order valence-corrected chi connectivity index (χ1v) is 6.95. The van der Waals surface area contributed by atoms with Crippen molar-refractivity contribution in [1.82, 2.24) is 14.8 Å². The van der Waals surface area contributed by atoms with Crippen molar-refractivity contribution in [2.24, 2.45) is 0 Å². The van der Waals surface area contributed by atoms with Gasteiger partial charge in [-0.25, -0.2) is 5.10 Å². The molecule has 2 aromatic rings. The third-order valence-corrected chi connectivity index (χ3v) is 3.51. The number of hydrogen-bond acceptors (Lipinski definition) is 3. The topological polar surface area (TPSA) is 36.9 Å². The Bertz CT molecular complexity index is 599. The van der Waals surface area contributed by atoms with Gasteiger partial charge in [0.1, 0.15) is 0 Å². The molecule has 0 saturated heterocycles. The molecule has 19 heavy (non-hydrogen) atoms. The Morgan fingerprint density at radius 3 is 2.79 bits per heavy atom. The number of nitrogens with zero attached hydrogens (tertiary/aromatic N) is 3. The monoisotopic (exact) mass is 276 g/mol. The summed E-state index contributed by atoms with van der Waals surface area (Å²) in [6.07, 6.45) is 1.04. The van der Waals surface area contributed by atoms with Crippen LogP contribution in [0.15, 0.2) is 24.3 Å². The summed E-state index contributed by atoms with van der Waals surface area (Å²) < 4.78 is 2.74. The lowest BCUT2D eigenvalue weighted by Gasteiger charge is -2.19. The maximum absolute atomic E-state index is 5.27. The minimum Gasteiger partial charge on any atom is -0.340 e. The Labute approximate surface area is 119 Å². The van der Waals surface area contributed by atoms with E-state index in [1.807, 2.05) is 11.6 Å². The predicted octanol–water partition coefficient (Wildman–Crippen LogP) is 3.30. The van der Waals surface area contributed by atoms with Gasteiger partial charge < -0.3 is 4.90 Å². The van der Waals surface area contributed by atoms with Crippen molar-refractivity contribution in [3.05, 3.63) is 40.2 Å². The van der Waals surface area contributed by atoms with Gasteiger partial charge in [-0.1, -0.05) is 31.2 Å². The van der Waals surface area contributed by atoms with Gasteiger partial charge in [0.2, 0.25) is 5.95 Å². The molecule has 1 heterocycles. The molecule has 1 aromatic heterocycles. The molecule has 1 aromatic carbocycles. The summed E-state index contributed by atoms with van der Waals surface area (Å²) in [4.78, 5) is 2.13. The quantitative estimate of drug-likeness (QED) is 0.851. The summed E-state index contributed by atoms with van der Waals surface area (Å²) in [5.74, 6) is 0.898. The van der Waals surface area contributed by atoms with Gasteiger partial charge in [-0.15, -0.1) is 5.10 Å². The number of hydrogen-bond donors (Lipinski definition) is 1. The second-order valence-electron chi connectivity index (χ2n) is 4.76. The molecule has 5 heteroatoms. The van der Waals surface area contributed by atoms with Crippen LogP contribution in [0.3, 0.4) is 0 Å². The number of rotatable bonds is 5. The van der Waals surface area contributed by atoms with E-state index < -0.39 is 0 Å². The van der Waals surface area contributed by atoms with E-state index in [-0.39, 0.29) is 0 Å². The Kier molecular flexibility index (Phi) is 4.37. The molecule has 4 nitrogen and oxygen atoms in total. The number of aryl methyl sites for hydroxylation is 1. The first-order valence-electron chi connectivity index (χ1n) is 6.54. The number of aromatic nitrogens is 3. The number of nitrogens with one attached hydrogen (secondary N) is 1. The third-order valence-electron chi connectivity index (χ3n) is 3.20. The number of H-pyrrole nitrogens is 1. The van der Waals surface area contributed by atoms with Crippen molar-refractivity contribution in [3.8, 4) is 0 Å². The van der Waals surface area contributed by atoms with E-state index in [1.165, 1.54) is 11.1 Å². The average Bonchev–Trinajstić information content (AvgIpc) is 2.75. The van der Waals surface area contributed by atoms with Gasteiger partial charge in [0.15, 0.2) is 4.77 Å². The molecule has 0 bridgehead atoms. The molecule has 0 aliphatic heterocycles. The van der Waals surface area contributed by atoms with Gasteiger partial charge in [-0.05, 0) is 36.7 Å². The van der Waals surface area contributed by atoms with E-state index in [9.17, 15) is 0 Å². The van der Waals surface area contributed by atoms with Crippen LogP contribution in [0.2, 0.25) is 0 Å². The van der Waals surface area contributed by atoms with Crippen LogP contribution in [0, 0.1) is 11.7 Å². The van der Waals surface area contributed by atoms with Crippen LogP contribution in [-0.2, 0) is 13.1 Å². The van der Waals surface area contributed by atoms with Crippen molar-refractivity contribution in [1.29, 1.82) is 0 Å². The van der Waals surface area contributed by atoms with E-state index in [4.69, 9.17) is 12.2 Å². The van der Waals surface area contributed by atoms with Gasteiger partial charge in [0.25, 0.3) is 0 Å². The standard InChI is InChI=1S/C14H20N4S/c1-4-9-18-13(15-16-14(18)19)17(3)10-12-8-6-5-7-11(12)2/h5-8H,4,9-10H2,1-3H3,(H,16,19). The molecule has 0 atom stereocenters. The lowest BCUT2D eigenvalue weighted by atomic mass is 10.1. The summed E-state index contributed by atoms with van der Waals surface area (Å²) in [6, 6.07) is 8.41. The second-order valence-corrected chi connectivity index (χ2v) is 5.15. The summed E-state index contributed by atoms with van der Waals surface area (Å²) in [5.41, 5.74) is 2.60. The molecule has 0 unspecified atom stereocenters. The minimum atomic E-state index is 0.688. The lowest BCUT2D eigenvalue weighted by molar-refractivity contribution is 0.654. The van der Waals surface area contributed by atoms with Gasteiger partial charge >= 0.3 is 0 Å². The first kappa shape index (κ1) is 13.8. The van der Waals surface area contributed by atoms with Gasteiger partial charge in [0, 0.05) is 20.1 Å². The fraction of sp³-hybridized carbons (Fsp3) is 0.429. The fourth-order valence-corrected chi connectivity index (χ4v) is 2.36. The Balaban J connectivity index is 2.23. The minimum absolute atomic E-state index is 0.688. The molecule has 1 N–H and O–H groups in total. The zero-order valence-electron chi connectivity index (χ0n) is 11.7. The Hall–Kier alpha value is -1.62. The molecular formula is C14H20N4S. The number of aromatic amines is 1. The average molecular weight is 276 g/mol. The van der Waals surface area contributed by atoms with E-state index in [2.05, 4.69) is 53.2 Å². The third kappa shape index (κ3) is 3.04. The first-order chi connectivity index (χ1) is 9.13. The highest BCUT2D eigenvalue weighted by Gasteiger charge is 2.11. The van der Waals surface area contributed by atoms with E-state index >= 15 is 0 Å². The highest BCUT2D eigenvalue weighted by atomic mass is 32.1. The van der Waals surface area contributed by atoms with Crippen LogP contribution in [0.25, 0.3) is 0 Å². The molecule has 0 radical (unpaired) electrons. The summed E-state index contributed by atoms with van der Waals surface area (Å²) in [7, 11) is 2.05. The fourth-order valence-electron chi connectivity index (χ4n) is 2.14. The van der Waals surface area contributed by atoms with Gasteiger partial charge in [-0.3, -0.25) is 4.57 Å². The molecule has 102 valence electrons. The van der Waals surface area contributed by atoms with Crippen molar-refractivity contribution >= 4 is 18.2 Å². The van der Waals surface area contributed by atoms with Crippen LogP contribution in [-0.4, -0.2) is 21.8 Å². The largest absolute Gasteiger partial charge is 0.340 e. The normalized spacial score (nSPS) is 10.7. The molecule has 0 amide bonds. The van der Waals surface area contributed by atoms with Crippen molar-refractivity contribution < 1.29 is 0 Å².